The molecule has 0 radical (unpaired) electrons. The number of aromatic nitrogens is 1. The number of aliphatic hydroxyl groups is 1. The summed E-state index contributed by atoms with van der Waals surface area (Å²) in [6.07, 6.45) is 6.30. The first-order chi connectivity index (χ1) is 8.78. The van der Waals surface area contributed by atoms with Gasteiger partial charge in [0.25, 0.3) is 0 Å². The second kappa shape index (κ2) is 6.53. The van der Waals surface area contributed by atoms with Crippen molar-refractivity contribution in [3.63, 3.8) is 0 Å². The molecular formula is C13H16N2O2S. The molecule has 5 heteroatoms. The predicted octanol–water partition coefficient (Wildman–Crippen LogP) is 2.01. The lowest BCUT2D eigenvalue weighted by molar-refractivity contribution is -0.117. The molecular weight excluding hydrogens is 248 g/mol. The minimum absolute atomic E-state index is 0.0453. The van der Waals surface area contributed by atoms with Crippen LogP contribution in [0.5, 0.6) is 0 Å². The highest BCUT2D eigenvalue weighted by molar-refractivity contribution is 7.16. The first kappa shape index (κ1) is 13.1. The monoisotopic (exact) mass is 264 g/mol. The Balaban J connectivity index is 1.82. The summed E-state index contributed by atoms with van der Waals surface area (Å²) in [5.74, 6) is 6.33. The molecule has 0 saturated heterocycles. The molecule has 1 saturated carbocycles. The number of hydrogen-bond donors (Lipinski definition) is 2. The molecule has 2 N–H and O–H groups in total. The van der Waals surface area contributed by atoms with Gasteiger partial charge in [-0.3, -0.25) is 4.79 Å². The van der Waals surface area contributed by atoms with E-state index in [2.05, 4.69) is 22.1 Å². The molecule has 0 unspecified atom stereocenters. The van der Waals surface area contributed by atoms with Crippen LogP contribution in [0.4, 0.5) is 5.13 Å². The highest BCUT2D eigenvalue weighted by Crippen LogP contribution is 2.29. The fourth-order valence-corrected chi connectivity index (χ4v) is 2.43. The van der Waals surface area contributed by atoms with Gasteiger partial charge in [0.1, 0.15) is 0 Å². The van der Waals surface area contributed by atoms with Gasteiger partial charge < -0.3 is 10.4 Å². The molecule has 1 aromatic rings. The molecule has 2 rings (SSSR count). The van der Waals surface area contributed by atoms with E-state index in [9.17, 15) is 4.79 Å². The quantitative estimate of drug-likeness (QED) is 0.818. The van der Waals surface area contributed by atoms with E-state index in [0.29, 0.717) is 23.9 Å². The van der Waals surface area contributed by atoms with E-state index >= 15 is 0 Å². The normalized spacial score (nSPS) is 14.5. The number of amides is 1. The van der Waals surface area contributed by atoms with Crippen LogP contribution in [-0.4, -0.2) is 22.6 Å². The van der Waals surface area contributed by atoms with Gasteiger partial charge in [-0.2, -0.15) is 0 Å². The number of nitrogens with one attached hydrogen (secondary N) is 1. The van der Waals surface area contributed by atoms with Gasteiger partial charge in [0, 0.05) is 12.8 Å². The maximum Gasteiger partial charge on any atom is 0.226 e. The Hall–Kier alpha value is -1.38. The number of rotatable bonds is 4. The van der Waals surface area contributed by atoms with Gasteiger partial charge >= 0.3 is 0 Å². The molecule has 4 nitrogen and oxygen atoms in total. The summed E-state index contributed by atoms with van der Waals surface area (Å²) in [6, 6.07) is 0. The second-order valence-corrected chi connectivity index (χ2v) is 5.38. The third-order valence-corrected chi connectivity index (χ3v) is 3.73. The minimum Gasteiger partial charge on any atom is -0.395 e. The lowest BCUT2D eigenvalue weighted by Gasteiger charge is -2.24. The molecule has 1 aliphatic rings. The standard InChI is InChI=1S/C13H16N2O2S/c16-7-2-1-6-11-9-14-13(18-11)15-12(17)8-10-4-3-5-10/h9-10,16H,2-5,7-8H2,(H,14,15,17). The number of anilines is 1. The first-order valence-electron chi connectivity index (χ1n) is 6.13. The van der Waals surface area contributed by atoms with Crippen molar-refractivity contribution in [2.75, 3.05) is 11.9 Å². The lowest BCUT2D eigenvalue weighted by Crippen LogP contribution is -2.20. The lowest BCUT2D eigenvalue weighted by atomic mass is 9.83. The van der Waals surface area contributed by atoms with E-state index < -0.39 is 0 Å². The van der Waals surface area contributed by atoms with Crippen molar-refractivity contribution in [2.24, 2.45) is 5.92 Å². The molecule has 0 spiro atoms. The summed E-state index contributed by atoms with van der Waals surface area (Å²) in [7, 11) is 0. The topological polar surface area (TPSA) is 62.2 Å². The molecule has 1 amide bonds. The summed E-state index contributed by atoms with van der Waals surface area (Å²) in [4.78, 5) is 16.6. The van der Waals surface area contributed by atoms with Gasteiger partial charge in [-0.15, -0.1) is 0 Å². The Kier molecular flexibility index (Phi) is 4.73. The van der Waals surface area contributed by atoms with Crippen LogP contribution in [0.1, 0.15) is 37.0 Å². The van der Waals surface area contributed by atoms with Crippen molar-refractivity contribution in [1.82, 2.24) is 4.98 Å². The molecule has 0 bridgehead atoms. The Morgan fingerprint density at radius 2 is 2.44 bits per heavy atom. The zero-order chi connectivity index (χ0) is 12.8. The van der Waals surface area contributed by atoms with Crippen LogP contribution in [0.25, 0.3) is 0 Å². The van der Waals surface area contributed by atoms with Crippen LogP contribution in [0.2, 0.25) is 0 Å². The Morgan fingerprint density at radius 3 is 3.11 bits per heavy atom. The number of hydrogen-bond acceptors (Lipinski definition) is 4. The molecule has 1 heterocycles. The zero-order valence-corrected chi connectivity index (χ0v) is 10.9. The van der Waals surface area contributed by atoms with Crippen LogP contribution in [0.15, 0.2) is 6.20 Å². The van der Waals surface area contributed by atoms with Gasteiger partial charge in [0.2, 0.25) is 5.91 Å². The minimum atomic E-state index is 0.0453. The number of carbonyl (C=O) groups excluding carboxylic acids is 1. The molecule has 18 heavy (non-hydrogen) atoms. The molecule has 0 aromatic carbocycles. The highest BCUT2D eigenvalue weighted by atomic mass is 32.1. The SMILES string of the molecule is O=C(CC1CCC1)Nc1ncc(C#CCCO)s1. The van der Waals surface area contributed by atoms with Crippen molar-refractivity contribution in [3.8, 4) is 11.8 Å². The summed E-state index contributed by atoms with van der Waals surface area (Å²) < 4.78 is 0. The number of carbonyl (C=O) groups is 1. The molecule has 1 aromatic heterocycles. The molecule has 1 aliphatic carbocycles. The highest BCUT2D eigenvalue weighted by Gasteiger charge is 2.20. The van der Waals surface area contributed by atoms with Crippen LogP contribution < -0.4 is 5.32 Å². The smallest absolute Gasteiger partial charge is 0.226 e. The largest absolute Gasteiger partial charge is 0.395 e. The summed E-state index contributed by atoms with van der Waals surface area (Å²) in [5.41, 5.74) is 0. The molecule has 0 atom stereocenters. The van der Waals surface area contributed by atoms with Crippen LogP contribution in [0, 0.1) is 17.8 Å². The van der Waals surface area contributed by atoms with E-state index in [0.717, 1.165) is 4.88 Å². The third kappa shape index (κ3) is 3.83. The maximum atomic E-state index is 11.7. The summed E-state index contributed by atoms with van der Waals surface area (Å²) >= 11 is 1.37. The van der Waals surface area contributed by atoms with E-state index in [-0.39, 0.29) is 12.5 Å². The average Bonchev–Trinajstić information content (AvgIpc) is 2.72. The number of nitrogens with zero attached hydrogens (tertiary/aromatic N) is 1. The van der Waals surface area contributed by atoms with E-state index in [1.54, 1.807) is 6.20 Å². The molecule has 0 aliphatic heterocycles. The third-order valence-electron chi connectivity index (χ3n) is 2.90. The van der Waals surface area contributed by atoms with Crippen molar-refractivity contribution in [1.29, 1.82) is 0 Å². The summed E-state index contributed by atoms with van der Waals surface area (Å²) in [5, 5.41) is 12.0. The Labute approximate surface area is 110 Å². The van der Waals surface area contributed by atoms with Gasteiger partial charge in [-0.05, 0) is 18.8 Å². The number of thiazole rings is 1. The molecule has 1 fully saturated rings. The van der Waals surface area contributed by atoms with Crippen molar-refractivity contribution in [3.05, 3.63) is 11.1 Å². The molecule has 96 valence electrons. The van der Waals surface area contributed by atoms with Gasteiger partial charge in [-0.1, -0.05) is 29.6 Å². The number of aliphatic hydroxyl groups excluding tert-OH is 1. The van der Waals surface area contributed by atoms with Crippen LogP contribution >= 0.6 is 11.3 Å². The van der Waals surface area contributed by atoms with Gasteiger partial charge in [-0.25, -0.2) is 4.98 Å². The first-order valence-corrected chi connectivity index (χ1v) is 6.95. The maximum absolute atomic E-state index is 11.7. The summed E-state index contributed by atoms with van der Waals surface area (Å²) in [6.45, 7) is 0.0663. The van der Waals surface area contributed by atoms with Gasteiger partial charge in [0.15, 0.2) is 5.13 Å². The Morgan fingerprint density at radius 1 is 1.61 bits per heavy atom. The van der Waals surface area contributed by atoms with Crippen LogP contribution in [0.3, 0.4) is 0 Å². The van der Waals surface area contributed by atoms with Crippen LogP contribution in [-0.2, 0) is 4.79 Å². The van der Waals surface area contributed by atoms with Crippen molar-refractivity contribution >= 4 is 22.4 Å². The Bertz CT molecular complexity index is 469. The fraction of sp³-hybridized carbons (Fsp3) is 0.538. The predicted molar refractivity (Wildman–Crippen MR) is 71.3 cm³/mol. The van der Waals surface area contributed by atoms with E-state index in [1.807, 2.05) is 0 Å². The zero-order valence-electron chi connectivity index (χ0n) is 10.1. The average molecular weight is 264 g/mol. The second-order valence-electron chi connectivity index (χ2n) is 4.35. The van der Waals surface area contributed by atoms with Gasteiger partial charge in [0.05, 0.1) is 17.7 Å². The van der Waals surface area contributed by atoms with Crippen molar-refractivity contribution in [2.45, 2.75) is 32.1 Å². The van der Waals surface area contributed by atoms with E-state index in [1.165, 1.54) is 30.6 Å². The fourth-order valence-electron chi connectivity index (χ4n) is 1.72. The van der Waals surface area contributed by atoms with E-state index in [4.69, 9.17) is 5.11 Å². The van der Waals surface area contributed by atoms with Crippen molar-refractivity contribution < 1.29 is 9.90 Å².